The molecule has 0 aromatic heterocycles. The third kappa shape index (κ3) is 5.88. The van der Waals surface area contributed by atoms with E-state index in [0.29, 0.717) is 17.5 Å². The van der Waals surface area contributed by atoms with Gasteiger partial charge in [-0.3, -0.25) is 9.69 Å². The summed E-state index contributed by atoms with van der Waals surface area (Å²) >= 11 is 1.34. The first-order valence-electron chi connectivity index (χ1n) is 7.81. The van der Waals surface area contributed by atoms with Crippen molar-refractivity contribution in [2.75, 3.05) is 26.0 Å². The second kappa shape index (κ2) is 9.80. The normalized spacial score (nSPS) is 15.8. The van der Waals surface area contributed by atoms with E-state index in [9.17, 15) is 4.79 Å². The highest BCUT2D eigenvalue weighted by molar-refractivity contribution is 8.15. The molecule has 0 unspecified atom stereocenters. The number of nitrogens with one attached hydrogen (secondary N) is 1. The number of amidine groups is 1. The van der Waals surface area contributed by atoms with Crippen molar-refractivity contribution in [1.29, 1.82) is 0 Å². The number of ether oxygens (including phenoxy) is 1. The number of rotatable bonds is 9. The molecule has 7 heteroatoms. The van der Waals surface area contributed by atoms with Crippen LogP contribution in [-0.4, -0.2) is 48.1 Å². The molecule has 1 aromatic carbocycles. The molecule has 1 aromatic rings. The molecule has 1 heterocycles. The first kappa shape index (κ1) is 19.0. The van der Waals surface area contributed by atoms with Crippen molar-refractivity contribution in [2.45, 2.75) is 6.54 Å². The van der Waals surface area contributed by atoms with Crippen LogP contribution in [0.4, 0.5) is 0 Å². The summed E-state index contributed by atoms with van der Waals surface area (Å²) in [4.78, 5) is 13.3. The molecule has 1 aliphatic heterocycles. The van der Waals surface area contributed by atoms with Crippen molar-refractivity contribution in [2.24, 2.45) is 10.2 Å². The maximum atomic E-state index is 11.1. The number of carbonyl (C=O) groups is 1. The molecule has 1 amide bonds. The minimum Gasteiger partial charge on any atom is -0.496 e. The van der Waals surface area contributed by atoms with E-state index in [1.54, 1.807) is 13.3 Å². The van der Waals surface area contributed by atoms with Crippen molar-refractivity contribution in [3.05, 3.63) is 54.6 Å². The van der Waals surface area contributed by atoms with E-state index >= 15 is 0 Å². The lowest BCUT2D eigenvalue weighted by Gasteiger charge is -2.20. The molecule has 0 spiro atoms. The molecule has 0 radical (unpaired) electrons. The standard InChI is InChI=1S/C18H22N4O2S/c1-4-8-22(9-5-2)12-15-10-14(6-7-16(15)24-3)11-19-21-18-20-17(23)13-25-18/h4-7,10-11H,1-2,8-9,12-13H2,3H3,(H,20,21,23). The van der Waals surface area contributed by atoms with Crippen molar-refractivity contribution in [3.63, 3.8) is 0 Å². The summed E-state index contributed by atoms with van der Waals surface area (Å²) in [7, 11) is 1.66. The lowest BCUT2D eigenvalue weighted by atomic mass is 10.1. The third-order valence-electron chi connectivity index (χ3n) is 3.41. The summed E-state index contributed by atoms with van der Waals surface area (Å²) < 4.78 is 5.45. The minimum atomic E-state index is -0.0461. The van der Waals surface area contributed by atoms with E-state index in [-0.39, 0.29) is 5.91 Å². The molecule has 0 saturated carbocycles. The summed E-state index contributed by atoms with van der Waals surface area (Å²) in [6, 6.07) is 5.84. The zero-order valence-corrected chi connectivity index (χ0v) is 15.1. The highest BCUT2D eigenvalue weighted by Crippen LogP contribution is 2.21. The number of hydrogen-bond donors (Lipinski definition) is 1. The average molecular weight is 358 g/mol. The molecule has 1 aliphatic rings. The quantitative estimate of drug-likeness (QED) is 0.418. The molecular formula is C18H22N4O2S. The molecule has 6 nitrogen and oxygen atoms in total. The van der Waals surface area contributed by atoms with Crippen molar-refractivity contribution < 1.29 is 9.53 Å². The van der Waals surface area contributed by atoms with Crippen LogP contribution >= 0.6 is 11.8 Å². The zero-order valence-electron chi connectivity index (χ0n) is 14.3. The van der Waals surface area contributed by atoms with E-state index in [1.807, 2.05) is 30.4 Å². The molecule has 25 heavy (non-hydrogen) atoms. The van der Waals surface area contributed by atoms with Gasteiger partial charge in [-0.1, -0.05) is 23.9 Å². The first-order chi connectivity index (χ1) is 12.2. The third-order valence-corrected chi connectivity index (χ3v) is 4.28. The Bertz CT molecular complexity index is 690. The molecular weight excluding hydrogens is 336 g/mol. The Morgan fingerprint density at radius 3 is 2.72 bits per heavy atom. The summed E-state index contributed by atoms with van der Waals surface area (Å²) in [6.07, 6.45) is 5.39. The number of nitrogens with zero attached hydrogens (tertiary/aromatic N) is 3. The maximum Gasteiger partial charge on any atom is 0.236 e. The van der Waals surface area contributed by atoms with Crippen LogP contribution in [0.2, 0.25) is 0 Å². The van der Waals surface area contributed by atoms with Crippen molar-refractivity contribution in [3.8, 4) is 5.75 Å². The van der Waals surface area contributed by atoms with E-state index < -0.39 is 0 Å². The predicted octanol–water partition coefficient (Wildman–Crippen LogP) is 2.42. The van der Waals surface area contributed by atoms with Gasteiger partial charge in [-0.15, -0.1) is 18.3 Å². The molecule has 132 valence electrons. The SMILES string of the molecule is C=CCN(CC=C)Cc1cc(C=NN=C2NC(=O)CS2)ccc1OC. The Morgan fingerprint density at radius 2 is 2.12 bits per heavy atom. The summed E-state index contributed by atoms with van der Waals surface area (Å²) in [6.45, 7) is 9.82. The summed E-state index contributed by atoms with van der Waals surface area (Å²) in [5.41, 5.74) is 1.96. The molecule has 0 atom stereocenters. The minimum absolute atomic E-state index is 0.0461. The summed E-state index contributed by atoms with van der Waals surface area (Å²) in [5.74, 6) is 1.17. The van der Waals surface area contributed by atoms with E-state index in [0.717, 1.165) is 30.0 Å². The molecule has 1 saturated heterocycles. The van der Waals surface area contributed by atoms with Crippen LogP contribution in [0.3, 0.4) is 0 Å². The van der Waals surface area contributed by atoms with Crippen LogP contribution < -0.4 is 10.1 Å². The smallest absolute Gasteiger partial charge is 0.236 e. The Hall–Kier alpha value is -2.38. The van der Waals surface area contributed by atoms with Crippen molar-refractivity contribution >= 4 is 29.1 Å². The van der Waals surface area contributed by atoms with Crippen LogP contribution in [0.25, 0.3) is 0 Å². The average Bonchev–Trinajstić information content (AvgIpc) is 3.01. The topological polar surface area (TPSA) is 66.3 Å². The van der Waals surface area contributed by atoms with Gasteiger partial charge >= 0.3 is 0 Å². The number of carbonyl (C=O) groups excluding carboxylic acids is 1. The Balaban J connectivity index is 2.13. The molecule has 2 rings (SSSR count). The largest absolute Gasteiger partial charge is 0.496 e. The monoisotopic (exact) mass is 358 g/mol. The van der Waals surface area contributed by atoms with E-state index in [4.69, 9.17) is 4.74 Å². The van der Waals surface area contributed by atoms with Gasteiger partial charge in [0.2, 0.25) is 5.91 Å². The fourth-order valence-corrected chi connectivity index (χ4v) is 2.97. The fourth-order valence-electron chi connectivity index (χ4n) is 2.34. The molecule has 0 bridgehead atoms. The highest BCUT2D eigenvalue weighted by Gasteiger charge is 2.16. The number of hydrogen-bond acceptors (Lipinski definition) is 6. The number of methoxy groups -OCH3 is 1. The van der Waals surface area contributed by atoms with E-state index in [2.05, 4.69) is 33.6 Å². The van der Waals surface area contributed by atoms with Crippen LogP contribution in [0.15, 0.2) is 53.7 Å². The van der Waals surface area contributed by atoms with Gasteiger partial charge in [0, 0.05) is 25.2 Å². The van der Waals surface area contributed by atoms with Crippen molar-refractivity contribution in [1.82, 2.24) is 10.2 Å². The second-order valence-electron chi connectivity index (χ2n) is 5.33. The van der Waals surface area contributed by atoms with Gasteiger partial charge in [0.05, 0.1) is 19.1 Å². The molecule has 1 fully saturated rings. The first-order valence-corrected chi connectivity index (χ1v) is 8.79. The van der Waals surface area contributed by atoms with Crippen LogP contribution in [-0.2, 0) is 11.3 Å². The van der Waals surface area contributed by atoms with Crippen LogP contribution in [0.5, 0.6) is 5.75 Å². The predicted molar refractivity (Wildman–Crippen MR) is 104 cm³/mol. The van der Waals surface area contributed by atoms with Gasteiger partial charge in [-0.2, -0.15) is 5.10 Å². The molecule has 0 aliphatic carbocycles. The molecule has 1 N–H and O–H groups in total. The maximum absolute atomic E-state index is 11.1. The zero-order chi connectivity index (χ0) is 18.1. The van der Waals surface area contributed by atoms with Gasteiger partial charge in [-0.05, 0) is 23.8 Å². The Labute approximate surface area is 152 Å². The van der Waals surface area contributed by atoms with E-state index in [1.165, 1.54) is 11.8 Å². The van der Waals surface area contributed by atoms with Gasteiger partial charge in [0.25, 0.3) is 0 Å². The number of benzene rings is 1. The van der Waals surface area contributed by atoms with Crippen LogP contribution in [0, 0.1) is 0 Å². The number of thioether (sulfide) groups is 1. The lowest BCUT2D eigenvalue weighted by Crippen LogP contribution is -2.23. The Kier molecular flexibility index (Phi) is 7.43. The van der Waals surface area contributed by atoms with Gasteiger partial charge in [0.15, 0.2) is 5.17 Å². The van der Waals surface area contributed by atoms with Crippen LogP contribution in [0.1, 0.15) is 11.1 Å². The van der Waals surface area contributed by atoms with Gasteiger partial charge < -0.3 is 10.1 Å². The highest BCUT2D eigenvalue weighted by atomic mass is 32.2. The lowest BCUT2D eigenvalue weighted by molar-refractivity contribution is -0.116. The van der Waals surface area contributed by atoms with Gasteiger partial charge in [0.1, 0.15) is 5.75 Å². The summed E-state index contributed by atoms with van der Waals surface area (Å²) in [5, 5.41) is 11.2. The Morgan fingerprint density at radius 1 is 1.36 bits per heavy atom. The second-order valence-corrected chi connectivity index (χ2v) is 6.29. The fraction of sp³-hybridized carbons (Fsp3) is 0.278. The van der Waals surface area contributed by atoms with Gasteiger partial charge in [-0.25, -0.2) is 0 Å². The number of amides is 1.